The van der Waals surface area contributed by atoms with Crippen LogP contribution in [0.25, 0.3) is 0 Å². The number of rotatable bonds is 5. The van der Waals surface area contributed by atoms with E-state index in [9.17, 15) is 9.90 Å². The molecular formula is C14H19NO2. The van der Waals surface area contributed by atoms with Crippen molar-refractivity contribution in [1.29, 1.82) is 0 Å². The molecule has 0 heterocycles. The second-order valence-electron chi connectivity index (χ2n) is 4.42. The average molecular weight is 233 g/mol. The molecule has 0 saturated carbocycles. The number of hydrogen-bond acceptors (Lipinski definition) is 2. The number of aliphatic carboxylic acids is 1. The largest absolute Gasteiger partial charge is 0.480 e. The minimum absolute atomic E-state index is 0.455. The summed E-state index contributed by atoms with van der Waals surface area (Å²) in [6, 6.07) is 5.84. The van der Waals surface area contributed by atoms with Gasteiger partial charge < -0.3 is 5.11 Å². The molecule has 1 rings (SSSR count). The molecule has 0 aliphatic carbocycles. The lowest BCUT2D eigenvalue weighted by molar-refractivity contribution is -0.144. The van der Waals surface area contributed by atoms with Crippen LogP contribution in [-0.4, -0.2) is 17.6 Å². The number of hydrogen-bond donors (Lipinski definition) is 2. The number of carboxylic acid groups (broad SMARTS) is 1. The fourth-order valence-corrected chi connectivity index (χ4v) is 1.84. The summed E-state index contributed by atoms with van der Waals surface area (Å²) in [7, 11) is 0. The standard InChI is InChI=1S/C14H19NO2/c1-5-8-15-14(4,13(16)17)12-9-10(2)6-7-11(12)3/h5-7,9,15H,1,8H2,2-4H3,(H,16,17). The molecule has 1 atom stereocenters. The van der Waals surface area contributed by atoms with Gasteiger partial charge in [0.15, 0.2) is 0 Å². The van der Waals surface area contributed by atoms with Crippen molar-refractivity contribution in [2.45, 2.75) is 26.3 Å². The Morgan fingerprint density at radius 3 is 2.71 bits per heavy atom. The van der Waals surface area contributed by atoms with Gasteiger partial charge in [-0.05, 0) is 31.9 Å². The summed E-state index contributed by atoms with van der Waals surface area (Å²) >= 11 is 0. The molecule has 0 saturated heterocycles. The van der Waals surface area contributed by atoms with Crippen molar-refractivity contribution in [3.8, 4) is 0 Å². The zero-order valence-corrected chi connectivity index (χ0v) is 10.6. The Morgan fingerprint density at radius 2 is 2.18 bits per heavy atom. The van der Waals surface area contributed by atoms with Gasteiger partial charge in [-0.3, -0.25) is 5.32 Å². The van der Waals surface area contributed by atoms with Crippen LogP contribution in [0.2, 0.25) is 0 Å². The van der Waals surface area contributed by atoms with Crippen LogP contribution >= 0.6 is 0 Å². The number of carbonyl (C=O) groups is 1. The lowest BCUT2D eigenvalue weighted by atomic mass is 9.87. The summed E-state index contributed by atoms with van der Waals surface area (Å²) in [5.74, 6) is -0.881. The molecule has 0 spiro atoms. The summed E-state index contributed by atoms with van der Waals surface area (Å²) in [5, 5.41) is 12.4. The first-order valence-corrected chi connectivity index (χ1v) is 5.59. The second kappa shape index (κ2) is 5.15. The van der Waals surface area contributed by atoms with E-state index in [2.05, 4.69) is 11.9 Å². The van der Waals surface area contributed by atoms with Crippen molar-refractivity contribution in [2.75, 3.05) is 6.54 Å². The van der Waals surface area contributed by atoms with Crippen LogP contribution in [0, 0.1) is 13.8 Å². The quantitative estimate of drug-likeness (QED) is 0.768. The fourth-order valence-electron chi connectivity index (χ4n) is 1.84. The SMILES string of the molecule is C=CCNC(C)(C(=O)O)c1cc(C)ccc1C. The highest BCUT2D eigenvalue weighted by molar-refractivity contribution is 5.81. The molecule has 17 heavy (non-hydrogen) atoms. The predicted octanol–water partition coefficient (Wildman–Crippen LogP) is 2.38. The molecule has 0 aliphatic rings. The Balaban J connectivity index is 3.26. The first-order chi connectivity index (χ1) is 7.91. The first kappa shape index (κ1) is 13.5. The highest BCUT2D eigenvalue weighted by Crippen LogP contribution is 2.25. The minimum Gasteiger partial charge on any atom is -0.480 e. The molecule has 2 N–H and O–H groups in total. The molecule has 0 aliphatic heterocycles. The second-order valence-corrected chi connectivity index (χ2v) is 4.42. The van der Waals surface area contributed by atoms with Crippen molar-refractivity contribution >= 4 is 5.97 Å². The van der Waals surface area contributed by atoms with Crippen molar-refractivity contribution in [1.82, 2.24) is 5.32 Å². The normalized spacial score (nSPS) is 14.1. The zero-order valence-electron chi connectivity index (χ0n) is 10.6. The Hall–Kier alpha value is -1.61. The van der Waals surface area contributed by atoms with Crippen LogP contribution in [0.3, 0.4) is 0 Å². The van der Waals surface area contributed by atoms with Gasteiger partial charge in [0.2, 0.25) is 0 Å². The van der Waals surface area contributed by atoms with Crippen molar-refractivity contribution in [3.63, 3.8) is 0 Å². The smallest absolute Gasteiger partial charge is 0.328 e. The molecule has 0 amide bonds. The van der Waals surface area contributed by atoms with Crippen molar-refractivity contribution in [3.05, 3.63) is 47.5 Å². The number of carboxylic acids is 1. The van der Waals surface area contributed by atoms with Gasteiger partial charge in [-0.1, -0.05) is 29.8 Å². The van der Waals surface area contributed by atoms with Crippen molar-refractivity contribution < 1.29 is 9.90 Å². The van der Waals surface area contributed by atoms with Crippen molar-refractivity contribution in [2.24, 2.45) is 0 Å². The molecule has 0 fully saturated rings. The van der Waals surface area contributed by atoms with Gasteiger partial charge in [0.25, 0.3) is 0 Å². The minimum atomic E-state index is -1.08. The highest BCUT2D eigenvalue weighted by atomic mass is 16.4. The Kier molecular flexibility index (Phi) is 4.07. The lowest BCUT2D eigenvalue weighted by Crippen LogP contribution is -2.47. The van der Waals surface area contributed by atoms with Crippen LogP contribution < -0.4 is 5.32 Å². The molecule has 3 heteroatoms. The maximum atomic E-state index is 11.5. The van der Waals surface area contributed by atoms with E-state index in [-0.39, 0.29) is 0 Å². The van der Waals surface area contributed by atoms with Gasteiger partial charge in [0.1, 0.15) is 5.54 Å². The van der Waals surface area contributed by atoms with E-state index in [0.717, 1.165) is 16.7 Å². The summed E-state index contributed by atoms with van der Waals surface area (Å²) in [6.45, 7) is 9.62. The van der Waals surface area contributed by atoms with E-state index < -0.39 is 11.5 Å². The van der Waals surface area contributed by atoms with E-state index >= 15 is 0 Å². The predicted molar refractivity (Wildman–Crippen MR) is 69.1 cm³/mol. The maximum Gasteiger partial charge on any atom is 0.328 e. The molecule has 1 aromatic carbocycles. The van der Waals surface area contributed by atoms with E-state index in [1.54, 1.807) is 13.0 Å². The fraction of sp³-hybridized carbons (Fsp3) is 0.357. The summed E-state index contributed by atoms with van der Waals surface area (Å²) < 4.78 is 0. The average Bonchev–Trinajstić information content (AvgIpc) is 2.29. The van der Waals surface area contributed by atoms with Crippen LogP contribution in [0.15, 0.2) is 30.9 Å². The molecule has 0 radical (unpaired) electrons. The van der Waals surface area contributed by atoms with Gasteiger partial charge in [0.05, 0.1) is 0 Å². The van der Waals surface area contributed by atoms with Crippen LogP contribution in [-0.2, 0) is 10.3 Å². The Labute approximate surface area is 102 Å². The number of nitrogens with one attached hydrogen (secondary N) is 1. The molecule has 0 bridgehead atoms. The Bertz CT molecular complexity index is 440. The van der Waals surface area contributed by atoms with E-state index in [1.807, 2.05) is 32.0 Å². The summed E-state index contributed by atoms with van der Waals surface area (Å²) in [5.41, 5.74) is 1.74. The van der Waals surface area contributed by atoms with Gasteiger partial charge in [0, 0.05) is 6.54 Å². The van der Waals surface area contributed by atoms with E-state index in [4.69, 9.17) is 0 Å². The molecule has 3 nitrogen and oxygen atoms in total. The molecule has 1 unspecified atom stereocenters. The lowest BCUT2D eigenvalue weighted by Gasteiger charge is -2.28. The van der Waals surface area contributed by atoms with Crippen LogP contribution in [0.5, 0.6) is 0 Å². The van der Waals surface area contributed by atoms with Gasteiger partial charge >= 0.3 is 5.97 Å². The third-order valence-electron chi connectivity index (χ3n) is 2.96. The van der Waals surface area contributed by atoms with E-state index in [0.29, 0.717) is 6.54 Å². The molecule has 0 aromatic heterocycles. The highest BCUT2D eigenvalue weighted by Gasteiger charge is 2.35. The monoisotopic (exact) mass is 233 g/mol. The number of benzene rings is 1. The van der Waals surface area contributed by atoms with Crippen LogP contribution in [0.1, 0.15) is 23.6 Å². The molecular weight excluding hydrogens is 214 g/mol. The topological polar surface area (TPSA) is 49.3 Å². The third-order valence-corrected chi connectivity index (χ3v) is 2.96. The summed E-state index contributed by atoms with van der Waals surface area (Å²) in [6.07, 6.45) is 1.66. The van der Waals surface area contributed by atoms with Gasteiger partial charge in [-0.25, -0.2) is 4.79 Å². The summed E-state index contributed by atoms with van der Waals surface area (Å²) in [4.78, 5) is 11.5. The molecule has 1 aromatic rings. The zero-order chi connectivity index (χ0) is 13.1. The van der Waals surface area contributed by atoms with Gasteiger partial charge in [-0.2, -0.15) is 0 Å². The third kappa shape index (κ3) is 2.74. The van der Waals surface area contributed by atoms with Crippen LogP contribution in [0.4, 0.5) is 0 Å². The van der Waals surface area contributed by atoms with Gasteiger partial charge in [-0.15, -0.1) is 6.58 Å². The number of aryl methyl sites for hydroxylation is 2. The molecule has 92 valence electrons. The maximum absolute atomic E-state index is 11.5. The Morgan fingerprint density at radius 1 is 1.53 bits per heavy atom. The van der Waals surface area contributed by atoms with E-state index in [1.165, 1.54) is 0 Å². The first-order valence-electron chi connectivity index (χ1n) is 5.59.